The van der Waals surface area contributed by atoms with E-state index in [4.69, 9.17) is 25.8 Å². The number of carbonyl (C=O) groups excluding carboxylic acids is 2. The normalized spacial score (nSPS) is 11.0. The zero-order valence-electron chi connectivity index (χ0n) is 15.2. The Labute approximate surface area is 163 Å². The number of amides is 1. The molecule has 0 bridgehead atoms. The molecule has 0 aliphatic rings. The van der Waals surface area contributed by atoms with Gasteiger partial charge < -0.3 is 19.1 Å². The van der Waals surface area contributed by atoms with Gasteiger partial charge in [-0.05, 0) is 37.5 Å². The van der Waals surface area contributed by atoms with Gasteiger partial charge in [0.05, 0.1) is 31.4 Å². The average molecular weight is 402 g/mol. The maximum Gasteiger partial charge on any atom is 0.409 e. The summed E-state index contributed by atoms with van der Waals surface area (Å²) in [5.41, 5.74) is 0. The quantitative estimate of drug-likeness (QED) is 0.255. The molecule has 0 saturated carbocycles. The van der Waals surface area contributed by atoms with Gasteiger partial charge in [0.25, 0.3) is 0 Å². The summed E-state index contributed by atoms with van der Waals surface area (Å²) in [5, 5.41) is 0.397. The fourth-order valence-electron chi connectivity index (χ4n) is 2.04. The second-order valence-electron chi connectivity index (χ2n) is 5.13. The molecule has 8 heteroatoms. The van der Waals surface area contributed by atoms with E-state index in [1.807, 2.05) is 6.26 Å². The van der Waals surface area contributed by atoms with Crippen LogP contribution in [0.3, 0.4) is 0 Å². The summed E-state index contributed by atoms with van der Waals surface area (Å²) in [6, 6.07) is 6.89. The van der Waals surface area contributed by atoms with E-state index >= 15 is 0 Å². The van der Waals surface area contributed by atoms with Crippen molar-refractivity contribution in [1.82, 2.24) is 4.90 Å². The number of hydrogen-bond acceptors (Lipinski definition) is 6. The predicted octanol–water partition coefficient (Wildman–Crippen LogP) is 3.99. The number of para-hydroxylation sites is 1. The molecule has 1 aromatic carbocycles. The Morgan fingerprint density at radius 3 is 2.65 bits per heavy atom. The number of nitrogens with zero attached hydrogens (tertiary/aromatic N) is 1. The maximum atomic E-state index is 12.0. The number of thioether (sulfide) groups is 1. The molecular formula is C18H24ClNO5S. The summed E-state index contributed by atoms with van der Waals surface area (Å²) in [6.07, 6.45) is 3.50. The number of esters is 1. The lowest BCUT2D eigenvalue weighted by Crippen LogP contribution is -2.35. The van der Waals surface area contributed by atoms with Crippen molar-refractivity contribution in [2.45, 2.75) is 13.3 Å². The van der Waals surface area contributed by atoms with Gasteiger partial charge in [0.2, 0.25) is 0 Å². The van der Waals surface area contributed by atoms with Gasteiger partial charge in [-0.25, -0.2) is 9.59 Å². The Morgan fingerprint density at radius 2 is 2.04 bits per heavy atom. The van der Waals surface area contributed by atoms with Crippen LogP contribution in [0.15, 0.2) is 36.1 Å². The molecule has 0 unspecified atom stereocenters. The van der Waals surface area contributed by atoms with Crippen molar-refractivity contribution < 1.29 is 23.8 Å². The fourth-order valence-corrected chi connectivity index (χ4v) is 2.64. The van der Waals surface area contributed by atoms with Crippen molar-refractivity contribution >= 4 is 35.4 Å². The number of benzene rings is 1. The standard InChI is InChI=1S/C18H24ClNO5S/c1-4-24-17(21)12-14(25-16-9-6-5-8-15(16)19)13-20(18(22)23-2)10-7-11-26-3/h5-6,8-9,12H,4,7,10-11,13H2,1-3H3/b14-12-. The molecule has 1 aromatic rings. The van der Waals surface area contributed by atoms with Crippen molar-refractivity contribution in [3.05, 3.63) is 41.1 Å². The van der Waals surface area contributed by atoms with Gasteiger partial charge in [-0.15, -0.1) is 0 Å². The first kappa shape index (κ1) is 22.2. The Bertz CT molecular complexity index is 623. The number of hydrogen-bond donors (Lipinski definition) is 0. The molecule has 0 heterocycles. The average Bonchev–Trinajstić information content (AvgIpc) is 2.62. The van der Waals surface area contributed by atoms with Crippen LogP contribution in [0.1, 0.15) is 13.3 Å². The van der Waals surface area contributed by atoms with Crippen LogP contribution in [0.25, 0.3) is 0 Å². The Kier molecular flexibility index (Phi) is 10.7. The van der Waals surface area contributed by atoms with Crippen LogP contribution in [0.5, 0.6) is 5.75 Å². The smallest absolute Gasteiger partial charge is 0.409 e. The Balaban J connectivity index is 2.99. The SMILES string of the molecule is CCOC(=O)/C=C(/CN(CCCSC)C(=O)OC)Oc1ccccc1Cl. The molecule has 0 aliphatic heterocycles. The molecule has 1 rings (SSSR count). The minimum Gasteiger partial charge on any atom is -0.463 e. The van der Waals surface area contributed by atoms with E-state index in [1.54, 1.807) is 43.0 Å². The molecule has 1 amide bonds. The third-order valence-electron chi connectivity index (χ3n) is 3.20. The fraction of sp³-hybridized carbons (Fsp3) is 0.444. The minimum absolute atomic E-state index is 0.0606. The van der Waals surface area contributed by atoms with Gasteiger partial charge in [-0.2, -0.15) is 11.8 Å². The molecule has 6 nitrogen and oxygen atoms in total. The van der Waals surface area contributed by atoms with Gasteiger partial charge in [0, 0.05) is 6.54 Å². The summed E-state index contributed by atoms with van der Waals surface area (Å²) in [5.74, 6) is 0.976. The predicted molar refractivity (Wildman–Crippen MR) is 104 cm³/mol. The van der Waals surface area contributed by atoms with Crippen LogP contribution in [0.2, 0.25) is 5.02 Å². The summed E-state index contributed by atoms with van der Waals surface area (Å²) in [7, 11) is 1.31. The highest BCUT2D eigenvalue weighted by molar-refractivity contribution is 7.98. The highest BCUT2D eigenvalue weighted by Crippen LogP contribution is 2.25. The second kappa shape index (κ2) is 12.5. The Hall–Kier alpha value is -1.86. The Morgan fingerprint density at radius 1 is 1.31 bits per heavy atom. The van der Waals surface area contributed by atoms with E-state index in [0.717, 1.165) is 12.2 Å². The number of halogens is 1. The van der Waals surface area contributed by atoms with Gasteiger partial charge in [0.1, 0.15) is 11.5 Å². The van der Waals surface area contributed by atoms with E-state index in [9.17, 15) is 9.59 Å². The van der Waals surface area contributed by atoms with Crippen molar-refractivity contribution in [2.75, 3.05) is 38.8 Å². The summed E-state index contributed by atoms with van der Waals surface area (Å²) in [4.78, 5) is 25.4. The van der Waals surface area contributed by atoms with Gasteiger partial charge >= 0.3 is 12.1 Å². The van der Waals surface area contributed by atoms with Crippen LogP contribution in [0.4, 0.5) is 4.79 Å². The van der Waals surface area contributed by atoms with E-state index in [-0.39, 0.29) is 18.9 Å². The molecule has 0 N–H and O–H groups in total. The van der Waals surface area contributed by atoms with E-state index in [1.165, 1.54) is 18.1 Å². The first-order chi connectivity index (χ1) is 12.5. The molecule has 0 radical (unpaired) electrons. The third kappa shape index (κ3) is 8.01. The van der Waals surface area contributed by atoms with Crippen molar-refractivity contribution in [2.24, 2.45) is 0 Å². The molecule has 0 atom stereocenters. The van der Waals surface area contributed by atoms with Crippen molar-refractivity contribution in [3.8, 4) is 5.75 Å². The first-order valence-corrected chi connectivity index (χ1v) is 9.90. The lowest BCUT2D eigenvalue weighted by molar-refractivity contribution is -0.137. The van der Waals surface area contributed by atoms with Crippen LogP contribution in [-0.2, 0) is 14.3 Å². The lowest BCUT2D eigenvalue weighted by Gasteiger charge is -2.22. The number of rotatable bonds is 10. The summed E-state index contributed by atoms with van der Waals surface area (Å²) in [6.45, 7) is 2.48. The molecule has 0 aliphatic carbocycles. The maximum absolute atomic E-state index is 12.0. The summed E-state index contributed by atoms with van der Waals surface area (Å²) < 4.78 is 15.5. The van der Waals surface area contributed by atoms with Crippen molar-refractivity contribution in [3.63, 3.8) is 0 Å². The number of ether oxygens (including phenoxy) is 3. The van der Waals surface area contributed by atoms with Crippen molar-refractivity contribution in [1.29, 1.82) is 0 Å². The van der Waals surface area contributed by atoms with Crippen LogP contribution in [0, 0.1) is 0 Å². The van der Waals surface area contributed by atoms with Crippen LogP contribution >= 0.6 is 23.4 Å². The van der Waals surface area contributed by atoms with Gasteiger partial charge in [-0.3, -0.25) is 0 Å². The lowest BCUT2D eigenvalue weighted by atomic mass is 10.3. The number of methoxy groups -OCH3 is 1. The number of carbonyl (C=O) groups is 2. The summed E-state index contributed by atoms with van der Waals surface area (Å²) >= 11 is 7.81. The monoisotopic (exact) mass is 401 g/mol. The van der Waals surface area contributed by atoms with Gasteiger partial charge in [0.15, 0.2) is 0 Å². The zero-order valence-corrected chi connectivity index (χ0v) is 16.8. The molecule has 0 spiro atoms. The van der Waals surface area contributed by atoms with Gasteiger partial charge in [-0.1, -0.05) is 23.7 Å². The molecule has 0 fully saturated rings. The van der Waals surface area contributed by atoms with E-state index in [2.05, 4.69) is 0 Å². The highest BCUT2D eigenvalue weighted by Gasteiger charge is 2.18. The largest absolute Gasteiger partial charge is 0.463 e. The van der Waals surface area contributed by atoms with Crippen LogP contribution in [-0.4, -0.2) is 55.8 Å². The highest BCUT2D eigenvalue weighted by atomic mass is 35.5. The molecule has 144 valence electrons. The second-order valence-corrected chi connectivity index (χ2v) is 6.53. The minimum atomic E-state index is -0.552. The third-order valence-corrected chi connectivity index (χ3v) is 4.21. The first-order valence-electron chi connectivity index (χ1n) is 8.13. The molecule has 0 saturated heterocycles. The zero-order chi connectivity index (χ0) is 19.4. The molecular weight excluding hydrogens is 378 g/mol. The van der Waals surface area contributed by atoms with E-state index in [0.29, 0.717) is 17.3 Å². The van der Waals surface area contributed by atoms with E-state index < -0.39 is 12.1 Å². The molecule has 0 aromatic heterocycles. The topological polar surface area (TPSA) is 65.1 Å². The molecule has 26 heavy (non-hydrogen) atoms. The van der Waals surface area contributed by atoms with Crippen LogP contribution < -0.4 is 4.74 Å².